The number of carbonyl (C=O) groups excluding carboxylic acids is 1. The van der Waals surface area contributed by atoms with Crippen LogP contribution in [-0.2, 0) is 25.9 Å². The van der Waals surface area contributed by atoms with Crippen molar-refractivity contribution >= 4 is 60.4 Å². The van der Waals surface area contributed by atoms with Gasteiger partial charge < -0.3 is 35.2 Å². The highest BCUT2D eigenvalue weighted by Crippen LogP contribution is 2.25. The number of carboxylic acid groups (broad SMARTS) is 1. The van der Waals surface area contributed by atoms with Crippen LogP contribution in [0.25, 0.3) is 33.5 Å². The molecule has 0 fully saturated rings. The zero-order chi connectivity index (χ0) is 50.6. The van der Waals surface area contributed by atoms with Crippen molar-refractivity contribution in [1.29, 1.82) is 0 Å². The quantitative estimate of drug-likeness (QED) is 0.0624. The molecule has 0 bridgehead atoms. The first-order valence-corrected chi connectivity index (χ1v) is 28.8. The Morgan fingerprint density at radius 2 is 1.01 bits per heavy atom. The van der Waals surface area contributed by atoms with Crippen LogP contribution in [0.4, 0.5) is 17.6 Å². The Bertz CT molecular complexity index is 3080. The number of aromatic carboxylic acids is 1. The largest absolute Gasteiger partial charge is 0.476 e. The summed E-state index contributed by atoms with van der Waals surface area (Å²) >= 11 is 4.24. The van der Waals surface area contributed by atoms with Gasteiger partial charge in [0.2, 0.25) is 0 Å². The topological polar surface area (TPSA) is 174 Å². The van der Waals surface area contributed by atoms with Gasteiger partial charge in [-0.05, 0) is 106 Å². The van der Waals surface area contributed by atoms with Gasteiger partial charge in [0.05, 0.1) is 12.2 Å². The van der Waals surface area contributed by atoms with Gasteiger partial charge in [0.1, 0.15) is 40.3 Å². The number of imidazole rings is 2. The highest BCUT2D eigenvalue weighted by Gasteiger charge is 2.21. The first-order chi connectivity index (χ1) is 34.3. The molecular weight excluding hydrogens is 1150 g/mol. The molecule has 370 valence electrons. The number of nitrogens with two attached hydrogens (primary N) is 1. The molecule has 0 saturated heterocycles. The van der Waals surface area contributed by atoms with Crippen LogP contribution in [-0.4, -0.2) is 107 Å². The summed E-state index contributed by atoms with van der Waals surface area (Å²) in [6, 6.07) is 29.9. The van der Waals surface area contributed by atoms with Gasteiger partial charge in [-0.15, -0.1) is 0 Å². The van der Waals surface area contributed by atoms with Crippen LogP contribution < -0.4 is 11.1 Å². The molecule has 2 aliphatic rings. The summed E-state index contributed by atoms with van der Waals surface area (Å²) in [5.74, 6) is -4.19. The van der Waals surface area contributed by atoms with Gasteiger partial charge in [-0.25, -0.2) is 32.3 Å². The molecule has 6 heterocycles. The number of fused-ring (bicyclic) bond motifs is 4. The van der Waals surface area contributed by atoms with Crippen molar-refractivity contribution in [2.45, 2.75) is 38.1 Å². The van der Waals surface area contributed by atoms with Crippen LogP contribution in [0.1, 0.15) is 43.2 Å². The lowest BCUT2D eigenvalue weighted by molar-refractivity contribution is 0.0690. The Balaban J connectivity index is 0.000000169. The fourth-order valence-corrected chi connectivity index (χ4v) is 8.43. The number of nitrogens with one attached hydrogen (secondary N) is 1. The smallest absolute Gasteiger partial charge is 0.356 e. The molecule has 0 radical (unpaired) electrons. The standard InChI is InChI=1S/C26H24F2N4O2.C14H8F2N2O2.C12H18N2O.I2/c27-21-9-20(10-22(28)11-21)19-5-6-25-30-24(16-32(25)14-19)26(34)29-12-23(33)15-31-8-7-17-3-1-2-4-18(17)13-31;15-10-3-9(4-11(16)5-10)8-1-2-13-17-12(14(19)20)7-18(13)6-8;13-7-12(15)9-14-6-5-10-3-1-2-4-11(10)8-14;1-2/h1-6,9-11,14,16,23,33H,7-8,12-13,15H2,(H,29,34);1-7H,(H,19,20);1-4,12,15H,5-9,13H2;/t23-;;12-;/m0.0./s1. The summed E-state index contributed by atoms with van der Waals surface area (Å²) in [6.45, 7) is 5.22. The molecule has 4 aromatic carbocycles. The third-order valence-corrected chi connectivity index (χ3v) is 11.9. The highest BCUT2D eigenvalue weighted by atomic mass is 128. The van der Waals surface area contributed by atoms with E-state index in [0.717, 1.165) is 51.2 Å². The second-order valence-electron chi connectivity index (χ2n) is 17.0. The van der Waals surface area contributed by atoms with E-state index in [-0.39, 0.29) is 17.9 Å². The lowest BCUT2D eigenvalue weighted by Crippen LogP contribution is -2.42. The Morgan fingerprint density at radius 3 is 1.46 bits per heavy atom. The Morgan fingerprint density at radius 1 is 0.592 bits per heavy atom. The minimum Gasteiger partial charge on any atom is -0.476 e. The van der Waals surface area contributed by atoms with E-state index >= 15 is 0 Å². The van der Waals surface area contributed by atoms with Crippen LogP contribution in [0, 0.1) is 23.3 Å². The molecule has 6 N–H and O–H groups in total. The maximum absolute atomic E-state index is 13.6. The van der Waals surface area contributed by atoms with Crippen molar-refractivity contribution in [2.75, 3.05) is 39.3 Å². The second-order valence-corrected chi connectivity index (χ2v) is 17.0. The number of rotatable bonds is 11. The van der Waals surface area contributed by atoms with E-state index in [1.165, 1.54) is 57.1 Å². The zero-order valence-electron chi connectivity index (χ0n) is 38.1. The molecule has 2 atom stereocenters. The molecule has 0 saturated carbocycles. The molecule has 4 aromatic heterocycles. The van der Waals surface area contributed by atoms with Gasteiger partial charge in [-0.2, -0.15) is 0 Å². The normalized spacial score (nSPS) is 14.1. The summed E-state index contributed by atoms with van der Waals surface area (Å²) in [5.41, 5.74) is 13.8. The molecule has 19 heteroatoms. The number of amides is 1. The monoisotopic (exact) mass is 1200 g/mol. The highest BCUT2D eigenvalue weighted by molar-refractivity contribution is 15.0. The average Bonchev–Trinajstić information content (AvgIpc) is 4.01. The summed E-state index contributed by atoms with van der Waals surface area (Å²) in [5, 5.41) is 31.5. The first-order valence-electron chi connectivity index (χ1n) is 22.5. The number of halogens is 6. The molecule has 2 aliphatic heterocycles. The predicted molar refractivity (Wildman–Crippen MR) is 280 cm³/mol. The maximum Gasteiger partial charge on any atom is 0.356 e. The molecule has 8 aromatic rings. The van der Waals surface area contributed by atoms with E-state index in [1.54, 1.807) is 47.3 Å². The zero-order valence-corrected chi connectivity index (χ0v) is 42.4. The fourth-order valence-electron chi connectivity index (χ4n) is 8.43. The maximum atomic E-state index is 13.6. The first kappa shape index (κ1) is 53.0. The minimum atomic E-state index is -1.13. The summed E-state index contributed by atoms with van der Waals surface area (Å²) in [6.07, 6.45) is 7.05. The molecule has 1 amide bonds. The van der Waals surface area contributed by atoms with Crippen LogP contribution >= 0.6 is 37.2 Å². The van der Waals surface area contributed by atoms with E-state index in [2.05, 4.69) is 98.7 Å². The third-order valence-electron chi connectivity index (χ3n) is 11.9. The third kappa shape index (κ3) is 14.4. The second kappa shape index (κ2) is 25.0. The van der Waals surface area contributed by atoms with Crippen LogP contribution in [0.2, 0.25) is 0 Å². The molecule has 71 heavy (non-hydrogen) atoms. The molecular formula is C52H50F4I2N8O5. The number of benzene rings is 4. The van der Waals surface area contributed by atoms with Crippen LogP contribution in [0.5, 0.6) is 0 Å². The Kier molecular flexibility index (Phi) is 18.7. The number of aromatic nitrogens is 4. The number of carbonyl (C=O) groups is 2. The number of aliphatic hydroxyl groups is 2. The fraction of sp³-hybridized carbons (Fsp3) is 0.231. The Labute approximate surface area is 430 Å². The number of hydrogen-bond donors (Lipinski definition) is 5. The molecule has 0 unspecified atom stereocenters. The van der Waals surface area contributed by atoms with E-state index in [9.17, 15) is 37.4 Å². The van der Waals surface area contributed by atoms with Gasteiger partial charge in [0, 0.05) is 127 Å². The average molecular weight is 1200 g/mol. The van der Waals surface area contributed by atoms with Crippen molar-refractivity contribution in [3.8, 4) is 22.3 Å². The number of pyridine rings is 2. The van der Waals surface area contributed by atoms with Crippen LogP contribution in [0.3, 0.4) is 0 Å². The van der Waals surface area contributed by atoms with Crippen molar-refractivity contribution in [1.82, 2.24) is 33.9 Å². The Hall–Kier alpha value is -5.82. The van der Waals surface area contributed by atoms with E-state index in [1.807, 2.05) is 12.1 Å². The lowest BCUT2D eigenvalue weighted by atomic mass is 10.00. The van der Waals surface area contributed by atoms with Gasteiger partial charge in [0.25, 0.3) is 5.91 Å². The molecule has 10 rings (SSSR count). The van der Waals surface area contributed by atoms with Crippen molar-refractivity contribution in [2.24, 2.45) is 5.73 Å². The van der Waals surface area contributed by atoms with Crippen molar-refractivity contribution < 1.29 is 42.5 Å². The van der Waals surface area contributed by atoms with E-state index in [0.29, 0.717) is 53.2 Å². The number of carboxylic acids is 1. The van der Waals surface area contributed by atoms with Crippen molar-refractivity contribution in [3.05, 3.63) is 191 Å². The summed E-state index contributed by atoms with van der Waals surface area (Å²) in [4.78, 5) is 36.1. The van der Waals surface area contributed by atoms with Gasteiger partial charge >= 0.3 is 5.97 Å². The molecule has 13 nitrogen and oxygen atoms in total. The van der Waals surface area contributed by atoms with E-state index in [4.69, 9.17) is 10.8 Å². The number of aliphatic hydroxyl groups excluding tert-OH is 2. The number of hydrogen-bond acceptors (Lipinski definition) is 9. The summed E-state index contributed by atoms with van der Waals surface area (Å²) < 4.78 is 56.7. The van der Waals surface area contributed by atoms with Crippen LogP contribution in [0.15, 0.2) is 134 Å². The predicted octanol–water partition coefficient (Wildman–Crippen LogP) is 8.54. The van der Waals surface area contributed by atoms with Gasteiger partial charge in [-0.3, -0.25) is 14.6 Å². The van der Waals surface area contributed by atoms with E-state index < -0.39 is 47.4 Å². The number of nitrogens with zero attached hydrogens (tertiary/aromatic N) is 6. The SMILES string of the molecule is II.NC[C@H](O)CN1CCc2ccccc2C1.O=C(NC[C@H](O)CN1CCc2ccccc2C1)c1cn2cc(-c3cc(F)cc(F)c3)ccc2n1.O=C(O)c1cn2cc(-c3cc(F)cc(F)c3)ccc2n1. The molecule has 0 spiro atoms. The van der Waals surface area contributed by atoms with Gasteiger partial charge in [-0.1, -0.05) is 48.5 Å². The number of β-amino-alcohol motifs (C(OH)–C–C–N with tert-alkyl or cyclic N) is 2. The van der Waals surface area contributed by atoms with Gasteiger partial charge in [0.15, 0.2) is 5.69 Å². The summed E-state index contributed by atoms with van der Waals surface area (Å²) in [7, 11) is 0. The van der Waals surface area contributed by atoms with Crippen molar-refractivity contribution in [3.63, 3.8) is 0 Å². The minimum absolute atomic E-state index is 0.0902. The lowest BCUT2D eigenvalue weighted by Gasteiger charge is -2.30. The molecule has 0 aliphatic carbocycles.